The molecule has 0 aliphatic heterocycles. The van der Waals surface area contributed by atoms with Crippen molar-refractivity contribution in [1.82, 2.24) is 9.97 Å². The molecule has 14 heavy (non-hydrogen) atoms. The Kier molecular flexibility index (Phi) is 2.10. The Bertz CT molecular complexity index is 372. The van der Waals surface area contributed by atoms with Crippen molar-refractivity contribution in [3.63, 3.8) is 0 Å². The molecule has 0 aromatic carbocycles. The highest BCUT2D eigenvalue weighted by molar-refractivity contribution is 5.74. The molecule has 3 nitrogen and oxygen atoms in total. The fourth-order valence-corrected chi connectivity index (χ4v) is 2.00. The molecule has 0 amide bonds. The molecule has 0 atom stereocenters. The van der Waals surface area contributed by atoms with Crippen LogP contribution in [0, 0.1) is 5.41 Å². The smallest absolute Gasteiger partial charge is 0.168 e. The normalized spacial score (nSPS) is 18.7. The van der Waals surface area contributed by atoms with Crippen LogP contribution < -0.4 is 0 Å². The molecule has 1 aliphatic rings. The lowest BCUT2D eigenvalue weighted by Gasteiger charge is -2.30. The van der Waals surface area contributed by atoms with Gasteiger partial charge in [0.15, 0.2) is 6.29 Å². The lowest BCUT2D eigenvalue weighted by atomic mass is 9.75. The van der Waals surface area contributed by atoms with Crippen LogP contribution in [0.5, 0.6) is 0 Å². The minimum absolute atomic E-state index is 0.273. The van der Waals surface area contributed by atoms with Gasteiger partial charge < -0.3 is 0 Å². The summed E-state index contributed by atoms with van der Waals surface area (Å²) in [7, 11) is 0. The molecule has 0 N–H and O–H groups in total. The number of fused-ring (bicyclic) bond motifs is 1. The standard InChI is InChI=1S/C11H14N2O/c1-11(2)4-3-9-8(5-11)10(6-14)13-7-12-9/h6-7H,3-5H2,1-2H3. The highest BCUT2D eigenvalue weighted by atomic mass is 16.1. The van der Waals surface area contributed by atoms with Gasteiger partial charge in [0.25, 0.3) is 0 Å². The molecule has 0 bridgehead atoms. The van der Waals surface area contributed by atoms with Gasteiger partial charge in [-0.2, -0.15) is 0 Å². The Morgan fingerprint density at radius 1 is 1.43 bits per heavy atom. The molecule has 74 valence electrons. The van der Waals surface area contributed by atoms with Crippen molar-refractivity contribution >= 4 is 6.29 Å². The zero-order valence-corrected chi connectivity index (χ0v) is 8.58. The fraction of sp³-hybridized carbons (Fsp3) is 0.545. The van der Waals surface area contributed by atoms with Gasteiger partial charge in [-0.3, -0.25) is 4.79 Å². The third-order valence-corrected chi connectivity index (χ3v) is 2.87. The van der Waals surface area contributed by atoms with Crippen molar-refractivity contribution in [2.75, 3.05) is 0 Å². The summed E-state index contributed by atoms with van der Waals surface area (Å²) in [5, 5.41) is 0. The number of nitrogens with zero attached hydrogens (tertiary/aromatic N) is 2. The number of carbonyl (C=O) groups excluding carboxylic acids is 1. The van der Waals surface area contributed by atoms with E-state index in [1.54, 1.807) is 0 Å². The summed E-state index contributed by atoms with van der Waals surface area (Å²) >= 11 is 0. The van der Waals surface area contributed by atoms with Crippen LogP contribution >= 0.6 is 0 Å². The van der Waals surface area contributed by atoms with E-state index in [0.29, 0.717) is 5.69 Å². The summed E-state index contributed by atoms with van der Waals surface area (Å²) in [6.07, 6.45) is 5.33. The molecule has 2 rings (SSSR count). The summed E-state index contributed by atoms with van der Waals surface area (Å²) in [5.41, 5.74) is 2.96. The van der Waals surface area contributed by atoms with Crippen molar-refractivity contribution in [2.24, 2.45) is 5.41 Å². The topological polar surface area (TPSA) is 42.9 Å². The van der Waals surface area contributed by atoms with E-state index in [1.807, 2.05) is 0 Å². The van der Waals surface area contributed by atoms with Gasteiger partial charge in [0.2, 0.25) is 0 Å². The van der Waals surface area contributed by atoms with Crippen LogP contribution in [0.25, 0.3) is 0 Å². The first kappa shape index (κ1) is 9.31. The second-order valence-corrected chi connectivity index (χ2v) is 4.64. The van der Waals surface area contributed by atoms with Crippen LogP contribution in [0.2, 0.25) is 0 Å². The van der Waals surface area contributed by atoms with Crippen molar-refractivity contribution in [3.8, 4) is 0 Å². The molecule has 0 fully saturated rings. The van der Waals surface area contributed by atoms with E-state index in [9.17, 15) is 4.79 Å². The summed E-state index contributed by atoms with van der Waals surface area (Å²) in [6.45, 7) is 4.44. The first-order valence-corrected chi connectivity index (χ1v) is 4.90. The van der Waals surface area contributed by atoms with Crippen LogP contribution in [0.15, 0.2) is 6.33 Å². The van der Waals surface area contributed by atoms with Gasteiger partial charge in [0.1, 0.15) is 12.0 Å². The summed E-state index contributed by atoms with van der Waals surface area (Å²) in [4.78, 5) is 19.0. The summed E-state index contributed by atoms with van der Waals surface area (Å²) < 4.78 is 0. The van der Waals surface area contributed by atoms with Crippen LogP contribution in [0.3, 0.4) is 0 Å². The number of carbonyl (C=O) groups is 1. The molecular weight excluding hydrogens is 176 g/mol. The Morgan fingerprint density at radius 2 is 2.21 bits per heavy atom. The number of hydrogen-bond acceptors (Lipinski definition) is 3. The quantitative estimate of drug-likeness (QED) is 0.634. The molecule has 0 saturated heterocycles. The Balaban J connectivity index is 2.48. The third-order valence-electron chi connectivity index (χ3n) is 2.87. The van der Waals surface area contributed by atoms with E-state index in [1.165, 1.54) is 6.33 Å². The van der Waals surface area contributed by atoms with Crippen LogP contribution in [-0.4, -0.2) is 16.3 Å². The first-order valence-electron chi connectivity index (χ1n) is 4.90. The van der Waals surface area contributed by atoms with E-state index in [-0.39, 0.29) is 5.41 Å². The average Bonchev–Trinajstić information content (AvgIpc) is 2.15. The molecular formula is C11H14N2O. The highest BCUT2D eigenvalue weighted by Crippen LogP contribution is 2.34. The minimum Gasteiger partial charge on any atom is -0.296 e. The Labute approximate surface area is 83.6 Å². The van der Waals surface area contributed by atoms with E-state index in [2.05, 4.69) is 23.8 Å². The number of rotatable bonds is 1. The van der Waals surface area contributed by atoms with Crippen LogP contribution in [-0.2, 0) is 12.8 Å². The van der Waals surface area contributed by atoms with E-state index < -0.39 is 0 Å². The van der Waals surface area contributed by atoms with Crippen molar-refractivity contribution in [2.45, 2.75) is 33.1 Å². The zero-order chi connectivity index (χ0) is 10.2. The van der Waals surface area contributed by atoms with Crippen LogP contribution in [0.1, 0.15) is 42.0 Å². The zero-order valence-electron chi connectivity index (χ0n) is 8.58. The maximum atomic E-state index is 10.8. The molecule has 1 aromatic rings. The molecule has 1 aliphatic carbocycles. The summed E-state index contributed by atoms with van der Waals surface area (Å²) in [6, 6.07) is 0. The maximum Gasteiger partial charge on any atom is 0.168 e. The van der Waals surface area contributed by atoms with Crippen molar-refractivity contribution in [1.29, 1.82) is 0 Å². The lowest BCUT2D eigenvalue weighted by molar-refractivity contribution is 0.111. The predicted octanol–water partition coefficient (Wildman–Crippen LogP) is 1.80. The maximum absolute atomic E-state index is 10.8. The number of hydrogen-bond donors (Lipinski definition) is 0. The highest BCUT2D eigenvalue weighted by Gasteiger charge is 2.27. The van der Waals surface area contributed by atoms with E-state index >= 15 is 0 Å². The largest absolute Gasteiger partial charge is 0.296 e. The van der Waals surface area contributed by atoms with Gasteiger partial charge in [-0.15, -0.1) is 0 Å². The van der Waals surface area contributed by atoms with Crippen molar-refractivity contribution in [3.05, 3.63) is 23.3 Å². The molecule has 3 heteroatoms. The SMILES string of the molecule is CC1(C)CCc2ncnc(C=O)c2C1. The van der Waals surface area contributed by atoms with Crippen LogP contribution in [0.4, 0.5) is 0 Å². The van der Waals surface area contributed by atoms with Gasteiger partial charge in [-0.05, 0) is 24.7 Å². The number of aromatic nitrogens is 2. The number of aldehydes is 1. The van der Waals surface area contributed by atoms with Gasteiger partial charge in [0.05, 0.1) is 0 Å². The molecule has 1 aromatic heterocycles. The molecule has 0 radical (unpaired) electrons. The first-order chi connectivity index (χ1) is 6.62. The van der Waals surface area contributed by atoms with Gasteiger partial charge in [-0.1, -0.05) is 13.8 Å². The molecule has 0 spiro atoms. The lowest BCUT2D eigenvalue weighted by Crippen LogP contribution is -2.24. The van der Waals surface area contributed by atoms with Gasteiger partial charge >= 0.3 is 0 Å². The second kappa shape index (κ2) is 3.15. The fourth-order valence-electron chi connectivity index (χ4n) is 2.00. The van der Waals surface area contributed by atoms with Gasteiger partial charge in [-0.25, -0.2) is 9.97 Å². The molecule has 0 unspecified atom stereocenters. The average molecular weight is 190 g/mol. The minimum atomic E-state index is 0.273. The third kappa shape index (κ3) is 1.54. The Morgan fingerprint density at radius 3 is 2.93 bits per heavy atom. The van der Waals surface area contributed by atoms with Crippen molar-refractivity contribution < 1.29 is 4.79 Å². The Hall–Kier alpha value is -1.25. The summed E-state index contributed by atoms with van der Waals surface area (Å²) in [5.74, 6) is 0. The second-order valence-electron chi connectivity index (χ2n) is 4.64. The molecule has 1 heterocycles. The van der Waals surface area contributed by atoms with E-state index in [0.717, 1.165) is 36.8 Å². The predicted molar refractivity (Wildman–Crippen MR) is 53.2 cm³/mol. The monoisotopic (exact) mass is 190 g/mol. The van der Waals surface area contributed by atoms with Gasteiger partial charge in [0, 0.05) is 11.3 Å². The number of aryl methyl sites for hydroxylation is 1. The van der Waals surface area contributed by atoms with E-state index in [4.69, 9.17) is 0 Å². The molecule has 0 saturated carbocycles.